The average molecular weight is 255 g/mol. The van der Waals surface area contributed by atoms with Crippen molar-refractivity contribution < 1.29 is 9.47 Å². The van der Waals surface area contributed by atoms with E-state index in [4.69, 9.17) is 14.7 Å². The number of nitrogens with zero attached hydrogens (tertiary/aromatic N) is 2. The number of hydrogen-bond acceptors (Lipinski definition) is 4. The Bertz CT molecular complexity index is 628. The first-order chi connectivity index (χ1) is 9.36. The summed E-state index contributed by atoms with van der Waals surface area (Å²) in [6.07, 6.45) is 3.13. The van der Waals surface area contributed by atoms with Crippen LogP contribution in [-0.2, 0) is 12.8 Å². The number of fused-ring (bicyclic) bond motifs is 1. The Morgan fingerprint density at radius 1 is 1.21 bits per heavy atom. The highest BCUT2D eigenvalue weighted by molar-refractivity contribution is 5.44. The van der Waals surface area contributed by atoms with E-state index in [0.29, 0.717) is 18.9 Å². The van der Waals surface area contributed by atoms with Gasteiger partial charge in [0, 0.05) is 0 Å². The predicted molar refractivity (Wildman–Crippen MR) is 68.1 cm³/mol. The Labute approximate surface area is 110 Å². The first-order valence-electron chi connectivity index (χ1n) is 6.17. The van der Waals surface area contributed by atoms with E-state index in [0.717, 1.165) is 35.6 Å². The number of H-pyrrole nitrogens is 1. The van der Waals surface area contributed by atoms with Gasteiger partial charge in [0.25, 0.3) is 0 Å². The van der Waals surface area contributed by atoms with Gasteiger partial charge < -0.3 is 14.5 Å². The second kappa shape index (κ2) is 5.02. The second-order valence-corrected chi connectivity index (χ2v) is 4.32. The van der Waals surface area contributed by atoms with E-state index in [-0.39, 0.29) is 0 Å². The molecule has 1 aliphatic heterocycles. The third-order valence-electron chi connectivity index (χ3n) is 3.09. The zero-order valence-corrected chi connectivity index (χ0v) is 10.3. The molecule has 1 N–H and O–H groups in total. The molecule has 0 spiro atoms. The lowest BCUT2D eigenvalue weighted by Crippen LogP contribution is -2.15. The molecule has 0 bridgehead atoms. The van der Waals surface area contributed by atoms with Crippen LogP contribution in [0.25, 0.3) is 0 Å². The maximum atomic E-state index is 8.89. The van der Waals surface area contributed by atoms with Crippen LogP contribution >= 0.6 is 0 Å². The lowest BCUT2D eigenvalue weighted by Gasteiger charge is -2.18. The van der Waals surface area contributed by atoms with Gasteiger partial charge in [-0.25, -0.2) is 4.98 Å². The fourth-order valence-corrected chi connectivity index (χ4v) is 2.12. The summed E-state index contributed by atoms with van der Waals surface area (Å²) in [5.41, 5.74) is 2.50. The number of imidazole rings is 1. The molecule has 2 aromatic rings. The predicted octanol–water partition coefficient (Wildman–Crippen LogP) is 1.84. The van der Waals surface area contributed by atoms with Gasteiger partial charge >= 0.3 is 0 Å². The molecule has 1 aromatic heterocycles. The van der Waals surface area contributed by atoms with Crippen molar-refractivity contribution in [3.63, 3.8) is 0 Å². The molecule has 0 unspecified atom stereocenters. The van der Waals surface area contributed by atoms with Crippen molar-refractivity contribution in [2.45, 2.75) is 12.8 Å². The largest absolute Gasteiger partial charge is 0.486 e. The number of benzene rings is 1. The zero-order chi connectivity index (χ0) is 13.1. The molecule has 1 aromatic carbocycles. The first kappa shape index (κ1) is 11.6. The van der Waals surface area contributed by atoms with Crippen molar-refractivity contribution in [1.82, 2.24) is 9.97 Å². The Morgan fingerprint density at radius 2 is 2.05 bits per heavy atom. The molecule has 0 saturated heterocycles. The quantitative estimate of drug-likeness (QED) is 0.908. The second-order valence-electron chi connectivity index (χ2n) is 4.32. The summed E-state index contributed by atoms with van der Waals surface area (Å²) in [5, 5.41) is 8.89. The Kier molecular flexibility index (Phi) is 3.07. The molecule has 3 rings (SSSR count). The van der Waals surface area contributed by atoms with Crippen LogP contribution in [0.3, 0.4) is 0 Å². The topological polar surface area (TPSA) is 70.9 Å². The van der Waals surface area contributed by atoms with Crippen LogP contribution in [-0.4, -0.2) is 23.2 Å². The smallest absolute Gasteiger partial charge is 0.161 e. The number of nitriles is 1. The van der Waals surface area contributed by atoms with Gasteiger partial charge in [0.2, 0.25) is 0 Å². The maximum absolute atomic E-state index is 8.89. The molecule has 5 nitrogen and oxygen atoms in total. The van der Waals surface area contributed by atoms with Crippen LogP contribution in [0.1, 0.15) is 17.0 Å². The lowest BCUT2D eigenvalue weighted by molar-refractivity contribution is 0.171. The third-order valence-corrected chi connectivity index (χ3v) is 3.09. The van der Waals surface area contributed by atoms with Gasteiger partial charge in [0.05, 0.1) is 12.0 Å². The first-order valence-corrected chi connectivity index (χ1v) is 6.17. The summed E-state index contributed by atoms with van der Waals surface area (Å²) in [6, 6.07) is 8.03. The van der Waals surface area contributed by atoms with Crippen molar-refractivity contribution in [2.24, 2.45) is 0 Å². The van der Waals surface area contributed by atoms with Gasteiger partial charge in [-0.15, -0.1) is 0 Å². The highest BCUT2D eigenvalue weighted by atomic mass is 16.6. The summed E-state index contributed by atoms with van der Waals surface area (Å²) < 4.78 is 11.0. The molecule has 0 saturated carbocycles. The van der Waals surface area contributed by atoms with Crippen LogP contribution < -0.4 is 9.47 Å². The normalized spacial score (nSPS) is 13.0. The number of aromatic amines is 1. The summed E-state index contributed by atoms with van der Waals surface area (Å²) in [5.74, 6) is 1.60. The number of aryl methyl sites for hydroxylation is 2. The van der Waals surface area contributed by atoms with Crippen molar-refractivity contribution in [3.05, 3.63) is 41.5 Å². The van der Waals surface area contributed by atoms with Crippen molar-refractivity contribution in [1.29, 1.82) is 5.26 Å². The van der Waals surface area contributed by atoms with Gasteiger partial charge in [-0.2, -0.15) is 5.26 Å². The van der Waals surface area contributed by atoms with Crippen LogP contribution in [0.15, 0.2) is 24.5 Å². The number of hydrogen-bond donors (Lipinski definition) is 1. The molecule has 0 radical (unpaired) electrons. The minimum atomic E-state index is 0.470. The Hall–Kier alpha value is -2.48. The van der Waals surface area contributed by atoms with Crippen LogP contribution in [0.4, 0.5) is 0 Å². The zero-order valence-electron chi connectivity index (χ0n) is 10.3. The number of rotatable bonds is 3. The summed E-state index contributed by atoms with van der Waals surface area (Å²) in [4.78, 5) is 6.96. The molecule has 96 valence electrons. The van der Waals surface area contributed by atoms with Gasteiger partial charge in [-0.05, 0) is 30.5 Å². The monoisotopic (exact) mass is 255 g/mol. The van der Waals surface area contributed by atoms with Gasteiger partial charge in [0.1, 0.15) is 19.3 Å². The Balaban J connectivity index is 1.72. The van der Waals surface area contributed by atoms with E-state index >= 15 is 0 Å². The van der Waals surface area contributed by atoms with Gasteiger partial charge in [-0.1, -0.05) is 6.07 Å². The van der Waals surface area contributed by atoms with Crippen molar-refractivity contribution in [3.8, 4) is 17.6 Å². The molecule has 2 heterocycles. The highest BCUT2D eigenvalue weighted by Crippen LogP contribution is 2.31. The fraction of sp³-hybridized carbons (Fsp3) is 0.286. The molecule has 5 heteroatoms. The summed E-state index contributed by atoms with van der Waals surface area (Å²) >= 11 is 0. The number of ether oxygens (including phenoxy) is 2. The van der Waals surface area contributed by atoms with Gasteiger partial charge in [-0.3, -0.25) is 0 Å². The van der Waals surface area contributed by atoms with E-state index < -0.39 is 0 Å². The average Bonchev–Trinajstić information content (AvgIpc) is 2.92. The maximum Gasteiger partial charge on any atom is 0.161 e. The number of aromatic nitrogens is 2. The minimum absolute atomic E-state index is 0.470. The summed E-state index contributed by atoms with van der Waals surface area (Å²) in [7, 11) is 0. The van der Waals surface area contributed by atoms with Crippen molar-refractivity contribution >= 4 is 0 Å². The summed E-state index contributed by atoms with van der Waals surface area (Å²) in [6.45, 7) is 1.20. The van der Waals surface area contributed by atoms with Crippen molar-refractivity contribution in [2.75, 3.05) is 13.2 Å². The molecule has 0 aliphatic carbocycles. The fourth-order valence-electron chi connectivity index (χ4n) is 2.12. The van der Waals surface area contributed by atoms with Gasteiger partial charge in [0.15, 0.2) is 17.2 Å². The van der Waals surface area contributed by atoms with Crippen LogP contribution in [0, 0.1) is 11.3 Å². The molecule has 19 heavy (non-hydrogen) atoms. The van der Waals surface area contributed by atoms with Crippen LogP contribution in [0.5, 0.6) is 11.5 Å². The Morgan fingerprint density at radius 3 is 2.89 bits per heavy atom. The van der Waals surface area contributed by atoms with E-state index in [2.05, 4.69) is 16.0 Å². The molecular weight excluding hydrogens is 242 g/mol. The molecule has 0 amide bonds. The molecular formula is C14H13N3O2. The van der Waals surface area contributed by atoms with Crippen LogP contribution in [0.2, 0.25) is 0 Å². The molecule has 0 atom stereocenters. The van der Waals surface area contributed by atoms with E-state index in [1.807, 2.05) is 18.2 Å². The minimum Gasteiger partial charge on any atom is -0.486 e. The lowest BCUT2D eigenvalue weighted by atomic mass is 10.1. The number of nitrogens with one attached hydrogen (secondary N) is 1. The third kappa shape index (κ3) is 2.38. The highest BCUT2D eigenvalue weighted by Gasteiger charge is 2.12. The molecule has 0 fully saturated rings. The molecule has 1 aliphatic rings. The van der Waals surface area contributed by atoms with E-state index in [1.165, 1.54) is 0 Å². The van der Waals surface area contributed by atoms with E-state index in [9.17, 15) is 0 Å². The standard InChI is InChI=1S/C14H13N3O2/c15-8-12-11(16-9-17-12)3-1-10-2-4-13-14(7-10)19-6-5-18-13/h2,4,7,9H,1,3,5-6H2,(H,16,17). The SMILES string of the molecule is N#Cc1nc[nH]c1CCc1ccc2c(c1)OCCO2. The van der Waals surface area contributed by atoms with E-state index in [1.54, 1.807) is 6.33 Å².